The third-order valence-electron chi connectivity index (χ3n) is 3.43. The van der Waals surface area contributed by atoms with Crippen LogP contribution in [-0.4, -0.2) is 31.2 Å². The Morgan fingerprint density at radius 2 is 2.07 bits per heavy atom. The molecule has 0 aliphatic carbocycles. The lowest BCUT2D eigenvalue weighted by atomic mass is 10.0. The second kappa shape index (κ2) is 3.76. The minimum absolute atomic E-state index is 0.818. The summed E-state index contributed by atoms with van der Waals surface area (Å²) in [7, 11) is 0. The van der Waals surface area contributed by atoms with Gasteiger partial charge in [0.25, 0.3) is 0 Å². The van der Waals surface area contributed by atoms with Crippen LogP contribution in [-0.2, 0) is 0 Å². The van der Waals surface area contributed by atoms with Gasteiger partial charge in [0.05, 0.1) is 4.47 Å². The molecule has 3 nitrogen and oxygen atoms in total. The molecule has 0 radical (unpaired) electrons. The molecule has 2 fully saturated rings. The molecule has 2 atom stereocenters. The Labute approximate surface area is 98.0 Å². The number of aromatic nitrogens is 1. The number of pyridine rings is 1. The predicted octanol–water partition coefficient (Wildman–Crippen LogP) is 1.50. The van der Waals surface area contributed by atoms with Crippen molar-refractivity contribution in [1.29, 1.82) is 0 Å². The van der Waals surface area contributed by atoms with Gasteiger partial charge in [0.2, 0.25) is 0 Å². The van der Waals surface area contributed by atoms with E-state index in [2.05, 4.69) is 37.2 Å². The zero-order valence-corrected chi connectivity index (χ0v) is 10.1. The van der Waals surface area contributed by atoms with Gasteiger partial charge in [0, 0.05) is 32.4 Å². The largest absolute Gasteiger partial charge is 0.355 e. The van der Waals surface area contributed by atoms with Crippen molar-refractivity contribution in [1.82, 2.24) is 10.3 Å². The first-order chi connectivity index (χ1) is 7.34. The predicted molar refractivity (Wildman–Crippen MR) is 64.0 cm³/mol. The van der Waals surface area contributed by atoms with E-state index in [1.807, 2.05) is 12.3 Å². The van der Waals surface area contributed by atoms with E-state index in [0.717, 1.165) is 35.2 Å². The number of rotatable bonds is 1. The molecule has 15 heavy (non-hydrogen) atoms. The monoisotopic (exact) mass is 267 g/mol. The van der Waals surface area contributed by atoms with E-state index in [9.17, 15) is 0 Å². The van der Waals surface area contributed by atoms with Crippen LogP contribution in [0.5, 0.6) is 0 Å². The molecule has 0 bridgehead atoms. The van der Waals surface area contributed by atoms with Gasteiger partial charge in [-0.1, -0.05) is 0 Å². The molecular formula is C11H14BrN3. The molecule has 3 heterocycles. The van der Waals surface area contributed by atoms with Gasteiger partial charge in [-0.15, -0.1) is 0 Å². The quantitative estimate of drug-likeness (QED) is 0.836. The van der Waals surface area contributed by atoms with E-state index in [-0.39, 0.29) is 0 Å². The van der Waals surface area contributed by atoms with Crippen molar-refractivity contribution in [2.45, 2.75) is 0 Å². The number of halogens is 1. The number of hydrogen-bond donors (Lipinski definition) is 1. The van der Waals surface area contributed by atoms with E-state index in [1.54, 1.807) is 0 Å². The van der Waals surface area contributed by atoms with E-state index in [1.165, 1.54) is 13.1 Å². The highest BCUT2D eigenvalue weighted by atomic mass is 79.9. The summed E-state index contributed by atoms with van der Waals surface area (Å²) < 4.78 is 1.11. The third kappa shape index (κ3) is 1.66. The second-order valence-electron chi connectivity index (χ2n) is 4.39. The Morgan fingerprint density at radius 1 is 1.33 bits per heavy atom. The van der Waals surface area contributed by atoms with Gasteiger partial charge in [0.1, 0.15) is 5.82 Å². The highest BCUT2D eigenvalue weighted by Crippen LogP contribution is 2.32. The smallest absolute Gasteiger partial charge is 0.142 e. The summed E-state index contributed by atoms with van der Waals surface area (Å²) in [6.45, 7) is 4.64. The average molecular weight is 268 g/mol. The Kier molecular flexibility index (Phi) is 2.41. The fraction of sp³-hybridized carbons (Fsp3) is 0.545. The van der Waals surface area contributed by atoms with Crippen molar-refractivity contribution < 1.29 is 0 Å². The lowest BCUT2D eigenvalue weighted by Crippen LogP contribution is -2.26. The molecule has 2 saturated heterocycles. The fourth-order valence-electron chi connectivity index (χ4n) is 2.64. The van der Waals surface area contributed by atoms with Crippen LogP contribution in [0.1, 0.15) is 0 Å². The molecule has 0 spiro atoms. The van der Waals surface area contributed by atoms with Crippen molar-refractivity contribution in [3.8, 4) is 0 Å². The van der Waals surface area contributed by atoms with Crippen LogP contribution in [0, 0.1) is 11.8 Å². The summed E-state index contributed by atoms with van der Waals surface area (Å²) in [6, 6.07) is 4.03. The first-order valence-electron chi connectivity index (χ1n) is 5.41. The topological polar surface area (TPSA) is 28.2 Å². The molecular weight excluding hydrogens is 254 g/mol. The molecule has 80 valence electrons. The van der Waals surface area contributed by atoms with Crippen LogP contribution < -0.4 is 10.2 Å². The van der Waals surface area contributed by atoms with Crippen LogP contribution in [0.25, 0.3) is 0 Å². The number of nitrogens with one attached hydrogen (secondary N) is 1. The van der Waals surface area contributed by atoms with Gasteiger partial charge in [-0.3, -0.25) is 0 Å². The summed E-state index contributed by atoms with van der Waals surface area (Å²) in [5.41, 5.74) is 0. The lowest BCUT2D eigenvalue weighted by Gasteiger charge is -2.19. The molecule has 0 amide bonds. The third-order valence-corrected chi connectivity index (χ3v) is 4.05. The zero-order valence-electron chi connectivity index (χ0n) is 8.49. The summed E-state index contributed by atoms with van der Waals surface area (Å²) in [6.07, 6.45) is 1.87. The van der Waals surface area contributed by atoms with E-state index in [0.29, 0.717) is 0 Å². The lowest BCUT2D eigenvalue weighted by molar-refractivity contribution is 0.533. The normalized spacial score (nSPS) is 29.5. The molecule has 0 saturated carbocycles. The van der Waals surface area contributed by atoms with Crippen molar-refractivity contribution in [3.63, 3.8) is 0 Å². The van der Waals surface area contributed by atoms with Gasteiger partial charge in [-0.05, 0) is 39.9 Å². The first kappa shape index (κ1) is 9.60. The average Bonchev–Trinajstić information content (AvgIpc) is 2.77. The minimum Gasteiger partial charge on any atom is -0.355 e. The molecule has 1 N–H and O–H groups in total. The molecule has 1 aromatic rings. The summed E-state index contributed by atoms with van der Waals surface area (Å²) >= 11 is 3.57. The summed E-state index contributed by atoms with van der Waals surface area (Å²) in [5.74, 6) is 2.74. The van der Waals surface area contributed by atoms with Crippen LogP contribution in [0.2, 0.25) is 0 Å². The molecule has 4 heteroatoms. The van der Waals surface area contributed by atoms with Crippen molar-refractivity contribution in [3.05, 3.63) is 22.8 Å². The SMILES string of the molecule is Brc1cccnc1N1CC2CNCC2C1. The molecule has 0 aromatic carbocycles. The van der Waals surface area contributed by atoms with E-state index < -0.39 is 0 Å². The van der Waals surface area contributed by atoms with Crippen LogP contribution in [0.15, 0.2) is 22.8 Å². The van der Waals surface area contributed by atoms with Crippen molar-refractivity contribution in [2.24, 2.45) is 11.8 Å². The van der Waals surface area contributed by atoms with Crippen LogP contribution in [0.3, 0.4) is 0 Å². The Morgan fingerprint density at radius 3 is 2.73 bits per heavy atom. The first-order valence-corrected chi connectivity index (χ1v) is 6.20. The highest BCUT2D eigenvalue weighted by molar-refractivity contribution is 9.10. The maximum absolute atomic E-state index is 4.45. The highest BCUT2D eigenvalue weighted by Gasteiger charge is 2.36. The van der Waals surface area contributed by atoms with Gasteiger partial charge < -0.3 is 10.2 Å². The summed E-state index contributed by atoms with van der Waals surface area (Å²) in [5, 5.41) is 3.45. The second-order valence-corrected chi connectivity index (χ2v) is 5.25. The van der Waals surface area contributed by atoms with Crippen LogP contribution >= 0.6 is 15.9 Å². The standard InChI is InChI=1S/C11H14BrN3/c12-10-2-1-3-14-11(10)15-6-8-4-13-5-9(8)7-15/h1-3,8-9,13H,4-7H2. The molecule has 2 aliphatic rings. The number of nitrogens with zero attached hydrogens (tertiary/aromatic N) is 2. The molecule has 2 unspecified atom stereocenters. The maximum Gasteiger partial charge on any atom is 0.142 e. The van der Waals surface area contributed by atoms with Gasteiger partial charge in [0.15, 0.2) is 0 Å². The van der Waals surface area contributed by atoms with Crippen molar-refractivity contribution >= 4 is 21.7 Å². The number of hydrogen-bond acceptors (Lipinski definition) is 3. The molecule has 3 rings (SSSR count). The number of fused-ring (bicyclic) bond motifs is 1. The Balaban J connectivity index is 1.82. The van der Waals surface area contributed by atoms with Gasteiger partial charge >= 0.3 is 0 Å². The zero-order chi connectivity index (χ0) is 10.3. The Bertz CT molecular complexity index is 357. The maximum atomic E-state index is 4.45. The van der Waals surface area contributed by atoms with Crippen molar-refractivity contribution in [2.75, 3.05) is 31.1 Å². The van der Waals surface area contributed by atoms with E-state index >= 15 is 0 Å². The Hall–Kier alpha value is -0.610. The molecule has 2 aliphatic heterocycles. The fourth-order valence-corrected chi connectivity index (χ4v) is 3.14. The summed E-state index contributed by atoms with van der Waals surface area (Å²) in [4.78, 5) is 6.85. The van der Waals surface area contributed by atoms with Gasteiger partial charge in [-0.2, -0.15) is 0 Å². The van der Waals surface area contributed by atoms with Crippen LogP contribution in [0.4, 0.5) is 5.82 Å². The van der Waals surface area contributed by atoms with E-state index in [4.69, 9.17) is 0 Å². The number of anilines is 1. The minimum atomic E-state index is 0.818. The van der Waals surface area contributed by atoms with Gasteiger partial charge in [-0.25, -0.2) is 4.98 Å². The molecule has 1 aromatic heterocycles.